The molecule has 0 unspecified atom stereocenters. The number of nitrogens with zero attached hydrogens (tertiary/aromatic N) is 2. The Hall–Kier alpha value is -1.27. The third-order valence-electron chi connectivity index (χ3n) is 3.56. The topological polar surface area (TPSA) is 54.9 Å². The van der Waals surface area contributed by atoms with Crippen molar-refractivity contribution in [2.45, 2.75) is 44.4 Å². The third-order valence-corrected chi connectivity index (χ3v) is 5.43. The molecule has 0 saturated heterocycles. The molecule has 0 atom stereocenters. The van der Waals surface area contributed by atoms with Crippen molar-refractivity contribution in [1.29, 1.82) is 0 Å². The third kappa shape index (κ3) is 3.43. The molecule has 1 saturated carbocycles. The molecule has 2 heterocycles. The number of hydrogen-bond acceptors (Lipinski definition) is 5. The second-order valence-corrected chi connectivity index (χ2v) is 7.13. The van der Waals surface area contributed by atoms with Gasteiger partial charge in [-0.25, -0.2) is 0 Å². The fraction of sp³-hybridized carbons (Fsp3) is 0.500. The highest BCUT2D eigenvalue weighted by Crippen LogP contribution is 2.35. The summed E-state index contributed by atoms with van der Waals surface area (Å²) in [4.78, 5) is 13.0. The first-order valence-corrected chi connectivity index (χ1v) is 8.66. The van der Waals surface area contributed by atoms with Gasteiger partial charge in [-0.2, -0.15) is 0 Å². The Bertz CT molecular complexity index is 559. The summed E-state index contributed by atoms with van der Waals surface area (Å²) in [7, 11) is 0. The van der Waals surface area contributed by atoms with Crippen LogP contribution in [-0.2, 0) is 11.2 Å². The zero-order valence-electron chi connectivity index (χ0n) is 11.2. The van der Waals surface area contributed by atoms with E-state index in [4.69, 9.17) is 0 Å². The van der Waals surface area contributed by atoms with Gasteiger partial charge in [0.05, 0.1) is 6.42 Å². The van der Waals surface area contributed by atoms with E-state index in [2.05, 4.69) is 15.5 Å². The Labute approximate surface area is 126 Å². The molecule has 1 N–H and O–H groups in total. The number of anilines is 1. The normalized spacial score (nSPS) is 16.2. The molecule has 20 heavy (non-hydrogen) atoms. The number of amides is 1. The summed E-state index contributed by atoms with van der Waals surface area (Å²) in [5, 5.41) is 14.9. The summed E-state index contributed by atoms with van der Waals surface area (Å²) in [6.45, 7) is 0. The van der Waals surface area contributed by atoms with Gasteiger partial charge in [-0.15, -0.1) is 21.5 Å². The van der Waals surface area contributed by atoms with E-state index in [1.54, 1.807) is 11.3 Å². The highest BCUT2D eigenvalue weighted by atomic mass is 32.1. The molecule has 0 aliphatic heterocycles. The molecule has 2 aromatic rings. The average Bonchev–Trinajstić information content (AvgIpc) is 3.11. The van der Waals surface area contributed by atoms with Crippen molar-refractivity contribution < 1.29 is 4.79 Å². The number of hydrogen-bond donors (Lipinski definition) is 1. The van der Waals surface area contributed by atoms with Crippen molar-refractivity contribution in [1.82, 2.24) is 10.2 Å². The van der Waals surface area contributed by atoms with E-state index >= 15 is 0 Å². The van der Waals surface area contributed by atoms with Crippen molar-refractivity contribution in [3.05, 3.63) is 27.4 Å². The second-order valence-electron chi connectivity index (χ2n) is 5.08. The zero-order chi connectivity index (χ0) is 13.8. The van der Waals surface area contributed by atoms with Gasteiger partial charge < -0.3 is 5.32 Å². The molecule has 0 radical (unpaired) electrons. The van der Waals surface area contributed by atoms with E-state index in [1.165, 1.54) is 43.4 Å². The molecule has 0 bridgehead atoms. The van der Waals surface area contributed by atoms with Crippen molar-refractivity contribution in [2.75, 3.05) is 5.32 Å². The van der Waals surface area contributed by atoms with Crippen LogP contribution in [0.4, 0.5) is 5.13 Å². The van der Waals surface area contributed by atoms with Crippen LogP contribution in [0.15, 0.2) is 17.5 Å². The highest BCUT2D eigenvalue weighted by molar-refractivity contribution is 7.15. The Balaban J connectivity index is 1.57. The lowest BCUT2D eigenvalue weighted by molar-refractivity contribution is -0.115. The van der Waals surface area contributed by atoms with Crippen LogP contribution in [0.25, 0.3) is 0 Å². The van der Waals surface area contributed by atoms with Crippen LogP contribution in [-0.4, -0.2) is 16.1 Å². The quantitative estimate of drug-likeness (QED) is 0.934. The molecule has 106 valence electrons. The Morgan fingerprint density at radius 3 is 2.90 bits per heavy atom. The van der Waals surface area contributed by atoms with E-state index in [0.29, 0.717) is 17.5 Å². The lowest BCUT2D eigenvalue weighted by Gasteiger charge is -2.18. The van der Waals surface area contributed by atoms with E-state index in [-0.39, 0.29) is 5.91 Å². The minimum atomic E-state index is -0.0150. The van der Waals surface area contributed by atoms with Crippen LogP contribution in [0.5, 0.6) is 0 Å². The maximum absolute atomic E-state index is 11.9. The Morgan fingerprint density at radius 1 is 1.30 bits per heavy atom. The van der Waals surface area contributed by atoms with Gasteiger partial charge in [0.2, 0.25) is 11.0 Å². The molecule has 1 amide bonds. The Morgan fingerprint density at radius 2 is 2.15 bits per heavy atom. The number of thiophene rings is 1. The van der Waals surface area contributed by atoms with E-state index in [1.807, 2.05) is 17.5 Å². The zero-order valence-corrected chi connectivity index (χ0v) is 12.8. The van der Waals surface area contributed by atoms with E-state index < -0.39 is 0 Å². The Kier molecular flexibility index (Phi) is 4.42. The van der Waals surface area contributed by atoms with Crippen LogP contribution < -0.4 is 5.32 Å². The second kappa shape index (κ2) is 6.45. The van der Waals surface area contributed by atoms with Crippen LogP contribution in [0, 0.1) is 0 Å². The largest absolute Gasteiger partial charge is 0.300 e. The molecule has 0 aromatic carbocycles. The lowest BCUT2D eigenvalue weighted by atomic mass is 9.90. The summed E-state index contributed by atoms with van der Waals surface area (Å²) >= 11 is 3.13. The summed E-state index contributed by atoms with van der Waals surface area (Å²) in [6.07, 6.45) is 6.72. The fourth-order valence-electron chi connectivity index (χ4n) is 2.53. The number of carbonyl (C=O) groups excluding carboxylic acids is 1. The molecule has 3 rings (SSSR count). The van der Waals surface area contributed by atoms with Gasteiger partial charge in [0.1, 0.15) is 5.01 Å². The molecular weight excluding hydrogens is 290 g/mol. The predicted molar refractivity (Wildman–Crippen MR) is 82.4 cm³/mol. The molecule has 4 nitrogen and oxygen atoms in total. The van der Waals surface area contributed by atoms with Crippen molar-refractivity contribution in [3.8, 4) is 0 Å². The molecule has 2 aromatic heterocycles. The average molecular weight is 307 g/mol. The van der Waals surface area contributed by atoms with Crippen molar-refractivity contribution >= 4 is 33.7 Å². The summed E-state index contributed by atoms with van der Waals surface area (Å²) in [5.74, 6) is 0.531. The van der Waals surface area contributed by atoms with Crippen LogP contribution in [0.3, 0.4) is 0 Å². The van der Waals surface area contributed by atoms with Crippen molar-refractivity contribution in [2.24, 2.45) is 0 Å². The van der Waals surface area contributed by atoms with Gasteiger partial charge in [0, 0.05) is 10.8 Å². The van der Waals surface area contributed by atoms with Gasteiger partial charge in [-0.05, 0) is 24.3 Å². The molecule has 1 aliphatic rings. The fourth-order valence-corrected chi connectivity index (χ4v) is 4.17. The molecule has 1 aliphatic carbocycles. The number of rotatable bonds is 4. The molecule has 1 fully saturated rings. The maximum atomic E-state index is 11.9. The SMILES string of the molecule is O=C(Cc1cccs1)Nc1nnc(C2CCCCC2)s1. The number of nitrogens with one attached hydrogen (secondary N) is 1. The number of aromatic nitrogens is 2. The first kappa shape index (κ1) is 13.7. The summed E-state index contributed by atoms with van der Waals surface area (Å²) in [5.41, 5.74) is 0. The first-order chi connectivity index (χ1) is 9.81. The van der Waals surface area contributed by atoms with Crippen LogP contribution in [0.1, 0.15) is 47.9 Å². The van der Waals surface area contributed by atoms with Gasteiger partial charge in [-0.3, -0.25) is 4.79 Å². The minimum absolute atomic E-state index is 0.0150. The van der Waals surface area contributed by atoms with Crippen LogP contribution >= 0.6 is 22.7 Å². The predicted octanol–water partition coefficient (Wildman–Crippen LogP) is 3.83. The summed E-state index contributed by atoms with van der Waals surface area (Å²) in [6, 6.07) is 3.93. The summed E-state index contributed by atoms with van der Waals surface area (Å²) < 4.78 is 0. The standard InChI is InChI=1S/C14H17N3OS2/c18-12(9-11-7-4-8-19-11)15-14-17-16-13(20-14)10-5-2-1-3-6-10/h4,7-8,10H,1-3,5-6,9H2,(H,15,17,18). The lowest BCUT2D eigenvalue weighted by Crippen LogP contribution is -2.13. The smallest absolute Gasteiger partial charge is 0.231 e. The van der Waals surface area contributed by atoms with Crippen LogP contribution in [0.2, 0.25) is 0 Å². The molecule has 6 heteroatoms. The van der Waals surface area contributed by atoms with E-state index in [0.717, 1.165) is 9.88 Å². The minimum Gasteiger partial charge on any atom is -0.300 e. The monoisotopic (exact) mass is 307 g/mol. The van der Waals surface area contributed by atoms with Gasteiger partial charge in [-0.1, -0.05) is 36.7 Å². The maximum Gasteiger partial charge on any atom is 0.231 e. The van der Waals surface area contributed by atoms with Gasteiger partial charge >= 0.3 is 0 Å². The van der Waals surface area contributed by atoms with Gasteiger partial charge in [0.15, 0.2) is 0 Å². The van der Waals surface area contributed by atoms with Crippen molar-refractivity contribution in [3.63, 3.8) is 0 Å². The highest BCUT2D eigenvalue weighted by Gasteiger charge is 2.20. The van der Waals surface area contributed by atoms with Gasteiger partial charge in [0.25, 0.3) is 0 Å². The molecular formula is C14H17N3OS2. The first-order valence-electron chi connectivity index (χ1n) is 6.97. The number of carbonyl (C=O) groups is 1. The molecule has 0 spiro atoms. The van der Waals surface area contributed by atoms with E-state index in [9.17, 15) is 4.79 Å².